The van der Waals surface area contributed by atoms with Crippen molar-refractivity contribution in [1.29, 1.82) is 0 Å². The highest BCUT2D eigenvalue weighted by atomic mass is 16.2. The van der Waals surface area contributed by atoms with Gasteiger partial charge in [0.1, 0.15) is 0 Å². The molecule has 1 aromatic carbocycles. The van der Waals surface area contributed by atoms with Gasteiger partial charge in [0, 0.05) is 38.9 Å². The first-order valence-electron chi connectivity index (χ1n) is 5.09. The number of carbonyl (C=O) groups excluding carboxylic acids is 1. The van der Waals surface area contributed by atoms with Crippen LogP contribution in [0.3, 0.4) is 0 Å². The maximum Gasteiger partial charge on any atom is 0.253 e. The van der Waals surface area contributed by atoms with E-state index in [0.29, 0.717) is 0 Å². The van der Waals surface area contributed by atoms with Gasteiger partial charge in [-0.05, 0) is 25.1 Å². The summed E-state index contributed by atoms with van der Waals surface area (Å²) in [7, 11) is 5.74. The van der Waals surface area contributed by atoms with Crippen LogP contribution in [0.1, 0.15) is 17.3 Å². The van der Waals surface area contributed by atoms with Gasteiger partial charge < -0.3 is 9.80 Å². The molecule has 15 heavy (non-hydrogen) atoms. The van der Waals surface area contributed by atoms with Crippen molar-refractivity contribution in [3.63, 3.8) is 0 Å². The van der Waals surface area contributed by atoms with Crippen molar-refractivity contribution in [2.24, 2.45) is 0 Å². The fraction of sp³-hybridized carbons (Fsp3) is 0.417. The van der Waals surface area contributed by atoms with Crippen LogP contribution in [0.4, 0.5) is 5.69 Å². The first kappa shape index (κ1) is 11.6. The van der Waals surface area contributed by atoms with Crippen molar-refractivity contribution in [3.8, 4) is 0 Å². The topological polar surface area (TPSA) is 23.6 Å². The maximum atomic E-state index is 11.9. The molecule has 0 aliphatic rings. The monoisotopic (exact) mass is 206 g/mol. The molecule has 82 valence electrons. The zero-order chi connectivity index (χ0) is 11.4. The Hall–Kier alpha value is -1.51. The SMILES string of the molecule is CCN(C)C(=O)c1cccc(N(C)C)c1. The molecule has 0 saturated heterocycles. The van der Waals surface area contributed by atoms with Crippen LogP contribution in [-0.4, -0.2) is 38.5 Å². The number of benzene rings is 1. The van der Waals surface area contributed by atoms with E-state index >= 15 is 0 Å². The molecule has 0 atom stereocenters. The second-order valence-electron chi connectivity index (χ2n) is 3.76. The molecular formula is C12H18N2O. The zero-order valence-corrected chi connectivity index (χ0v) is 9.82. The Morgan fingerprint density at radius 1 is 1.27 bits per heavy atom. The molecule has 0 unspecified atom stereocenters. The van der Waals surface area contributed by atoms with E-state index in [4.69, 9.17) is 0 Å². The van der Waals surface area contributed by atoms with Gasteiger partial charge in [-0.3, -0.25) is 4.79 Å². The second-order valence-corrected chi connectivity index (χ2v) is 3.76. The van der Waals surface area contributed by atoms with Crippen LogP contribution in [0.15, 0.2) is 24.3 Å². The Labute approximate surface area is 91.3 Å². The van der Waals surface area contributed by atoms with Gasteiger partial charge in [0.2, 0.25) is 0 Å². The Morgan fingerprint density at radius 3 is 2.47 bits per heavy atom. The fourth-order valence-corrected chi connectivity index (χ4v) is 1.28. The minimum atomic E-state index is 0.0706. The molecule has 0 aliphatic carbocycles. The summed E-state index contributed by atoms with van der Waals surface area (Å²) >= 11 is 0. The summed E-state index contributed by atoms with van der Waals surface area (Å²) in [5.41, 5.74) is 1.79. The first-order chi connectivity index (χ1) is 7.06. The van der Waals surface area contributed by atoms with E-state index in [0.717, 1.165) is 17.8 Å². The molecule has 1 rings (SSSR count). The number of hydrogen-bond donors (Lipinski definition) is 0. The molecule has 0 spiro atoms. The van der Waals surface area contributed by atoms with Crippen molar-refractivity contribution in [2.45, 2.75) is 6.92 Å². The third-order valence-corrected chi connectivity index (χ3v) is 2.43. The van der Waals surface area contributed by atoms with Crippen LogP contribution < -0.4 is 4.90 Å². The van der Waals surface area contributed by atoms with E-state index in [1.807, 2.05) is 57.2 Å². The van der Waals surface area contributed by atoms with Crippen LogP contribution >= 0.6 is 0 Å². The molecule has 0 saturated carbocycles. The molecule has 0 N–H and O–H groups in total. The van der Waals surface area contributed by atoms with Gasteiger partial charge in [0.05, 0.1) is 0 Å². The summed E-state index contributed by atoms with van der Waals surface area (Å²) in [6.45, 7) is 2.69. The number of rotatable bonds is 3. The van der Waals surface area contributed by atoms with Crippen LogP contribution in [0.25, 0.3) is 0 Å². The van der Waals surface area contributed by atoms with Crippen LogP contribution in [-0.2, 0) is 0 Å². The fourth-order valence-electron chi connectivity index (χ4n) is 1.28. The summed E-state index contributed by atoms with van der Waals surface area (Å²) in [5, 5.41) is 0. The number of nitrogens with zero attached hydrogens (tertiary/aromatic N) is 2. The molecule has 3 nitrogen and oxygen atoms in total. The average molecular weight is 206 g/mol. The zero-order valence-electron chi connectivity index (χ0n) is 9.82. The molecule has 1 aromatic rings. The minimum Gasteiger partial charge on any atom is -0.378 e. The van der Waals surface area contributed by atoms with E-state index in [-0.39, 0.29) is 5.91 Å². The first-order valence-corrected chi connectivity index (χ1v) is 5.09. The molecule has 1 amide bonds. The standard InChI is InChI=1S/C12H18N2O/c1-5-14(4)12(15)10-7-6-8-11(9-10)13(2)3/h6-9H,5H2,1-4H3. The van der Waals surface area contributed by atoms with Gasteiger partial charge in [-0.25, -0.2) is 0 Å². The quantitative estimate of drug-likeness (QED) is 0.753. The summed E-state index contributed by atoms with van der Waals surface area (Å²) in [5.74, 6) is 0.0706. The Kier molecular flexibility index (Phi) is 3.72. The number of anilines is 1. The van der Waals surface area contributed by atoms with Crippen LogP contribution in [0.5, 0.6) is 0 Å². The van der Waals surface area contributed by atoms with Crippen molar-refractivity contribution in [2.75, 3.05) is 32.6 Å². The van der Waals surface area contributed by atoms with E-state index in [1.54, 1.807) is 4.90 Å². The van der Waals surface area contributed by atoms with Crippen molar-refractivity contribution in [1.82, 2.24) is 4.90 Å². The van der Waals surface area contributed by atoms with Crippen LogP contribution in [0, 0.1) is 0 Å². The van der Waals surface area contributed by atoms with Crippen molar-refractivity contribution in [3.05, 3.63) is 29.8 Å². The maximum absolute atomic E-state index is 11.9. The van der Waals surface area contributed by atoms with Gasteiger partial charge in [-0.15, -0.1) is 0 Å². The van der Waals surface area contributed by atoms with Gasteiger partial charge in [0.25, 0.3) is 5.91 Å². The molecule has 0 bridgehead atoms. The predicted molar refractivity (Wildman–Crippen MR) is 63.4 cm³/mol. The Bertz CT molecular complexity index is 347. The van der Waals surface area contributed by atoms with Gasteiger partial charge >= 0.3 is 0 Å². The molecular weight excluding hydrogens is 188 g/mol. The lowest BCUT2D eigenvalue weighted by Crippen LogP contribution is -2.26. The van der Waals surface area contributed by atoms with Crippen molar-refractivity contribution >= 4 is 11.6 Å². The van der Waals surface area contributed by atoms with E-state index < -0.39 is 0 Å². The molecule has 0 fully saturated rings. The molecule has 0 aliphatic heterocycles. The Morgan fingerprint density at radius 2 is 1.93 bits per heavy atom. The highest BCUT2D eigenvalue weighted by Gasteiger charge is 2.10. The normalized spacial score (nSPS) is 9.87. The molecule has 0 heterocycles. The molecule has 0 radical (unpaired) electrons. The summed E-state index contributed by atoms with van der Waals surface area (Å²) in [6, 6.07) is 7.66. The largest absolute Gasteiger partial charge is 0.378 e. The highest BCUT2D eigenvalue weighted by molar-refractivity contribution is 5.94. The lowest BCUT2D eigenvalue weighted by atomic mass is 10.1. The molecule has 0 aromatic heterocycles. The van der Waals surface area contributed by atoms with Crippen molar-refractivity contribution < 1.29 is 4.79 Å². The average Bonchev–Trinajstić information content (AvgIpc) is 2.27. The minimum absolute atomic E-state index is 0.0706. The number of amides is 1. The van der Waals surface area contributed by atoms with Gasteiger partial charge in [-0.2, -0.15) is 0 Å². The summed E-state index contributed by atoms with van der Waals surface area (Å²) in [4.78, 5) is 15.5. The number of carbonyl (C=O) groups is 1. The van der Waals surface area contributed by atoms with Gasteiger partial charge in [-0.1, -0.05) is 6.07 Å². The summed E-state index contributed by atoms with van der Waals surface area (Å²) in [6.07, 6.45) is 0. The third kappa shape index (κ3) is 2.72. The predicted octanol–water partition coefficient (Wildman–Crippen LogP) is 1.84. The lowest BCUT2D eigenvalue weighted by molar-refractivity contribution is 0.0802. The van der Waals surface area contributed by atoms with Gasteiger partial charge in [0.15, 0.2) is 0 Å². The highest BCUT2D eigenvalue weighted by Crippen LogP contribution is 2.14. The second kappa shape index (κ2) is 4.82. The number of hydrogen-bond acceptors (Lipinski definition) is 2. The molecule has 3 heteroatoms. The third-order valence-electron chi connectivity index (χ3n) is 2.43. The van der Waals surface area contributed by atoms with Crippen LogP contribution in [0.2, 0.25) is 0 Å². The van der Waals surface area contributed by atoms with E-state index in [1.165, 1.54) is 0 Å². The van der Waals surface area contributed by atoms with E-state index in [2.05, 4.69) is 0 Å². The summed E-state index contributed by atoms with van der Waals surface area (Å²) < 4.78 is 0. The lowest BCUT2D eigenvalue weighted by Gasteiger charge is -2.17. The van der Waals surface area contributed by atoms with E-state index in [9.17, 15) is 4.79 Å². The Balaban J connectivity index is 2.95. The smallest absolute Gasteiger partial charge is 0.253 e.